The molecule has 0 spiro atoms. The molecule has 3 heterocycles. The van der Waals surface area contributed by atoms with E-state index in [-0.39, 0.29) is 5.91 Å². The first-order chi connectivity index (χ1) is 15.7. The second-order valence-corrected chi connectivity index (χ2v) is 7.99. The average Bonchev–Trinajstić information content (AvgIpc) is 3.26. The van der Waals surface area contributed by atoms with E-state index in [0.717, 1.165) is 48.6 Å². The van der Waals surface area contributed by atoms with Crippen molar-refractivity contribution in [2.45, 2.75) is 6.54 Å². The van der Waals surface area contributed by atoms with Crippen LogP contribution in [0.5, 0.6) is 0 Å². The first-order valence-corrected chi connectivity index (χ1v) is 10.7. The molecule has 0 bridgehead atoms. The number of carbonyl (C=O) groups excluding carboxylic acids is 1. The van der Waals surface area contributed by atoms with Crippen molar-refractivity contribution in [2.24, 2.45) is 0 Å². The summed E-state index contributed by atoms with van der Waals surface area (Å²) in [5.74, 6) is 2.25. The number of piperazine rings is 1. The summed E-state index contributed by atoms with van der Waals surface area (Å²) in [6.45, 7) is 3.87. The second kappa shape index (κ2) is 8.76. The maximum atomic E-state index is 12.8. The molecular formula is C24H25N7O. The van der Waals surface area contributed by atoms with Gasteiger partial charge in [0.25, 0.3) is 5.91 Å². The molecule has 8 heteroatoms. The third kappa shape index (κ3) is 4.31. The largest absolute Gasteiger partial charge is 0.363 e. The highest BCUT2D eigenvalue weighted by atomic mass is 16.2. The van der Waals surface area contributed by atoms with E-state index in [9.17, 15) is 4.79 Å². The summed E-state index contributed by atoms with van der Waals surface area (Å²) >= 11 is 0. The molecule has 0 radical (unpaired) electrons. The molecule has 1 amide bonds. The summed E-state index contributed by atoms with van der Waals surface area (Å²) in [5, 5.41) is 3.30. The fourth-order valence-electron chi connectivity index (χ4n) is 3.81. The molecule has 1 aliphatic heterocycles. The van der Waals surface area contributed by atoms with Crippen LogP contribution >= 0.6 is 0 Å². The van der Waals surface area contributed by atoms with E-state index in [1.807, 2.05) is 59.5 Å². The number of imidazole rings is 1. The topological polar surface area (TPSA) is 90.0 Å². The van der Waals surface area contributed by atoms with Crippen molar-refractivity contribution in [1.29, 1.82) is 0 Å². The Kier molecular flexibility index (Phi) is 5.51. The standard InChI is InChI=1S/C24H25N7O/c1-30-12-14-31(15-13-30)24(32)18-8-6-17(7-9-18)23-25-11-10-21(29-23)26-16-22-27-19-4-2-3-5-20(19)28-22/h2-11H,12-16H2,1H3,(H,27,28)(H,25,26,29). The van der Waals surface area contributed by atoms with Crippen molar-refractivity contribution in [3.05, 3.63) is 72.2 Å². The highest BCUT2D eigenvalue weighted by Crippen LogP contribution is 2.19. The Morgan fingerprint density at radius 1 is 1.00 bits per heavy atom. The Morgan fingerprint density at radius 2 is 1.78 bits per heavy atom. The van der Waals surface area contributed by atoms with Gasteiger partial charge in [0.2, 0.25) is 0 Å². The number of H-pyrrole nitrogens is 1. The Labute approximate surface area is 186 Å². The molecule has 2 aromatic carbocycles. The number of amides is 1. The maximum Gasteiger partial charge on any atom is 0.253 e. The number of fused-ring (bicyclic) bond motifs is 1. The summed E-state index contributed by atoms with van der Waals surface area (Å²) in [5.41, 5.74) is 3.52. The normalized spacial score (nSPS) is 14.6. The predicted octanol–water partition coefficient (Wildman–Crippen LogP) is 3.02. The molecule has 2 N–H and O–H groups in total. The molecule has 0 atom stereocenters. The Bertz CT molecular complexity index is 1190. The van der Waals surface area contributed by atoms with Gasteiger partial charge >= 0.3 is 0 Å². The Hall–Kier alpha value is -3.78. The molecule has 0 unspecified atom stereocenters. The van der Waals surface area contributed by atoms with Crippen LogP contribution in [0.2, 0.25) is 0 Å². The lowest BCUT2D eigenvalue weighted by atomic mass is 10.1. The lowest BCUT2D eigenvalue weighted by Gasteiger charge is -2.32. The number of nitrogens with zero attached hydrogens (tertiary/aromatic N) is 5. The van der Waals surface area contributed by atoms with Crippen LogP contribution in [-0.4, -0.2) is 68.9 Å². The van der Waals surface area contributed by atoms with Crippen molar-refractivity contribution in [3.63, 3.8) is 0 Å². The van der Waals surface area contributed by atoms with Crippen LogP contribution in [0.15, 0.2) is 60.8 Å². The monoisotopic (exact) mass is 427 g/mol. The molecule has 8 nitrogen and oxygen atoms in total. The van der Waals surface area contributed by atoms with Gasteiger partial charge in [-0.15, -0.1) is 0 Å². The number of benzene rings is 2. The number of hydrogen-bond donors (Lipinski definition) is 2. The molecule has 32 heavy (non-hydrogen) atoms. The van der Waals surface area contributed by atoms with Crippen LogP contribution in [-0.2, 0) is 6.54 Å². The van der Waals surface area contributed by atoms with Gasteiger partial charge in [-0.1, -0.05) is 24.3 Å². The van der Waals surface area contributed by atoms with Gasteiger partial charge in [-0.05, 0) is 37.4 Å². The fourth-order valence-corrected chi connectivity index (χ4v) is 3.81. The van der Waals surface area contributed by atoms with E-state index >= 15 is 0 Å². The fraction of sp³-hybridized carbons (Fsp3) is 0.250. The predicted molar refractivity (Wildman–Crippen MR) is 124 cm³/mol. The minimum Gasteiger partial charge on any atom is -0.363 e. The van der Waals surface area contributed by atoms with E-state index in [4.69, 9.17) is 0 Å². The zero-order valence-corrected chi connectivity index (χ0v) is 18.0. The van der Waals surface area contributed by atoms with Crippen LogP contribution in [0.1, 0.15) is 16.2 Å². The third-order valence-corrected chi connectivity index (χ3v) is 5.71. The number of aromatic nitrogens is 4. The van der Waals surface area contributed by atoms with Crippen LogP contribution in [0, 0.1) is 0 Å². The highest BCUT2D eigenvalue weighted by molar-refractivity contribution is 5.94. The molecule has 5 rings (SSSR count). The van der Waals surface area contributed by atoms with Crippen molar-refractivity contribution >= 4 is 22.8 Å². The first-order valence-electron chi connectivity index (χ1n) is 10.7. The molecule has 1 aliphatic rings. The van der Waals surface area contributed by atoms with Crippen molar-refractivity contribution in [2.75, 3.05) is 38.5 Å². The van der Waals surface area contributed by atoms with Crippen molar-refractivity contribution in [1.82, 2.24) is 29.7 Å². The zero-order valence-electron chi connectivity index (χ0n) is 18.0. The minimum absolute atomic E-state index is 0.0758. The molecule has 0 aliphatic carbocycles. The Morgan fingerprint density at radius 3 is 2.56 bits per heavy atom. The average molecular weight is 428 g/mol. The minimum atomic E-state index is 0.0758. The summed E-state index contributed by atoms with van der Waals surface area (Å²) in [7, 11) is 2.08. The van der Waals surface area contributed by atoms with Gasteiger partial charge in [-0.25, -0.2) is 15.0 Å². The summed E-state index contributed by atoms with van der Waals surface area (Å²) in [4.78, 5) is 33.8. The summed E-state index contributed by atoms with van der Waals surface area (Å²) in [6.07, 6.45) is 1.73. The van der Waals surface area contributed by atoms with Crippen molar-refractivity contribution < 1.29 is 4.79 Å². The van der Waals surface area contributed by atoms with Crippen LogP contribution in [0.4, 0.5) is 5.82 Å². The number of para-hydroxylation sites is 2. The SMILES string of the molecule is CN1CCN(C(=O)c2ccc(-c3nccc(NCc4nc5ccccc5[nH]4)n3)cc2)CC1. The molecule has 1 fully saturated rings. The van der Waals surface area contributed by atoms with E-state index in [2.05, 4.69) is 37.2 Å². The number of likely N-dealkylation sites (N-methyl/N-ethyl adjacent to an activating group) is 1. The molecule has 4 aromatic rings. The van der Waals surface area contributed by atoms with E-state index in [0.29, 0.717) is 23.8 Å². The van der Waals surface area contributed by atoms with Gasteiger partial charge in [0.15, 0.2) is 5.82 Å². The molecular weight excluding hydrogens is 402 g/mol. The van der Waals surface area contributed by atoms with E-state index in [1.165, 1.54) is 0 Å². The third-order valence-electron chi connectivity index (χ3n) is 5.71. The molecule has 0 saturated carbocycles. The smallest absolute Gasteiger partial charge is 0.253 e. The quantitative estimate of drug-likeness (QED) is 0.509. The number of hydrogen-bond acceptors (Lipinski definition) is 6. The van der Waals surface area contributed by atoms with Gasteiger partial charge in [0, 0.05) is 43.5 Å². The molecule has 2 aromatic heterocycles. The van der Waals surface area contributed by atoms with Gasteiger partial charge in [0.1, 0.15) is 11.6 Å². The second-order valence-electron chi connectivity index (χ2n) is 7.99. The molecule has 162 valence electrons. The number of anilines is 1. The van der Waals surface area contributed by atoms with Crippen LogP contribution < -0.4 is 5.32 Å². The first kappa shape index (κ1) is 20.1. The van der Waals surface area contributed by atoms with Gasteiger partial charge in [-0.3, -0.25) is 4.79 Å². The van der Waals surface area contributed by atoms with Crippen LogP contribution in [0.3, 0.4) is 0 Å². The number of carbonyl (C=O) groups is 1. The lowest BCUT2D eigenvalue weighted by Crippen LogP contribution is -2.47. The van der Waals surface area contributed by atoms with Gasteiger partial charge in [0.05, 0.1) is 17.6 Å². The van der Waals surface area contributed by atoms with E-state index < -0.39 is 0 Å². The molecule has 1 saturated heterocycles. The van der Waals surface area contributed by atoms with E-state index in [1.54, 1.807) is 6.20 Å². The zero-order chi connectivity index (χ0) is 21.9. The number of aromatic amines is 1. The number of rotatable bonds is 5. The lowest BCUT2D eigenvalue weighted by molar-refractivity contribution is 0.0664. The summed E-state index contributed by atoms with van der Waals surface area (Å²) in [6, 6.07) is 17.3. The Balaban J connectivity index is 1.26. The highest BCUT2D eigenvalue weighted by Gasteiger charge is 2.20. The maximum absolute atomic E-state index is 12.8. The van der Waals surface area contributed by atoms with Gasteiger partial charge < -0.3 is 20.1 Å². The van der Waals surface area contributed by atoms with Crippen molar-refractivity contribution in [3.8, 4) is 11.4 Å². The van der Waals surface area contributed by atoms with Gasteiger partial charge in [-0.2, -0.15) is 0 Å². The van der Waals surface area contributed by atoms with Crippen LogP contribution in [0.25, 0.3) is 22.4 Å². The number of nitrogens with one attached hydrogen (secondary N) is 2. The summed E-state index contributed by atoms with van der Waals surface area (Å²) < 4.78 is 0.